The van der Waals surface area contributed by atoms with Crippen LogP contribution in [0.2, 0.25) is 0 Å². The van der Waals surface area contributed by atoms with Crippen LogP contribution in [0.1, 0.15) is 10.5 Å². The van der Waals surface area contributed by atoms with Crippen molar-refractivity contribution in [2.75, 3.05) is 26.0 Å². The van der Waals surface area contributed by atoms with Crippen LogP contribution in [-0.4, -0.2) is 49.9 Å². The van der Waals surface area contributed by atoms with Crippen molar-refractivity contribution >= 4 is 27.6 Å². The fraction of sp³-hybridized carbons (Fsp3) is 0.250. The summed E-state index contributed by atoms with van der Waals surface area (Å²) < 4.78 is 31.5. The van der Waals surface area contributed by atoms with Crippen molar-refractivity contribution in [2.24, 2.45) is 7.05 Å². The molecule has 134 valence electrons. The Hall–Kier alpha value is -2.65. The second-order valence-corrected chi connectivity index (χ2v) is 7.59. The van der Waals surface area contributed by atoms with Gasteiger partial charge < -0.3 is 14.6 Å². The van der Waals surface area contributed by atoms with E-state index in [9.17, 15) is 18.0 Å². The molecule has 0 aliphatic carbocycles. The van der Waals surface area contributed by atoms with Gasteiger partial charge >= 0.3 is 5.97 Å². The Bertz CT molecular complexity index is 869. The number of hydrogen-bond donors (Lipinski definition) is 1. The van der Waals surface area contributed by atoms with Crippen LogP contribution in [-0.2, 0) is 26.6 Å². The lowest BCUT2D eigenvalue weighted by molar-refractivity contribution is -0.119. The molecule has 0 radical (unpaired) electrons. The van der Waals surface area contributed by atoms with Gasteiger partial charge in [0.2, 0.25) is 10.0 Å². The Morgan fingerprint density at radius 1 is 1.16 bits per heavy atom. The number of ether oxygens (including phenoxy) is 1. The van der Waals surface area contributed by atoms with Gasteiger partial charge in [-0.05, 0) is 36.4 Å². The highest BCUT2D eigenvalue weighted by molar-refractivity contribution is 7.89. The molecule has 0 saturated heterocycles. The predicted molar refractivity (Wildman–Crippen MR) is 91.6 cm³/mol. The number of aryl methyl sites for hydroxylation is 1. The summed E-state index contributed by atoms with van der Waals surface area (Å²) in [6, 6.07) is 8.99. The summed E-state index contributed by atoms with van der Waals surface area (Å²) in [5.74, 6) is -1.12. The number of esters is 1. The summed E-state index contributed by atoms with van der Waals surface area (Å²) in [5.41, 5.74) is 0.740. The average molecular weight is 365 g/mol. The van der Waals surface area contributed by atoms with Crippen LogP contribution >= 0.6 is 0 Å². The van der Waals surface area contributed by atoms with Crippen LogP contribution in [0.3, 0.4) is 0 Å². The number of anilines is 1. The molecule has 1 aromatic carbocycles. The van der Waals surface area contributed by atoms with Gasteiger partial charge in [-0.3, -0.25) is 4.79 Å². The van der Waals surface area contributed by atoms with Crippen molar-refractivity contribution in [3.8, 4) is 0 Å². The van der Waals surface area contributed by atoms with Crippen LogP contribution in [0.4, 0.5) is 5.69 Å². The molecular weight excluding hydrogens is 346 g/mol. The van der Waals surface area contributed by atoms with E-state index in [1.54, 1.807) is 29.9 Å². The topological polar surface area (TPSA) is 97.7 Å². The molecule has 2 rings (SSSR count). The smallest absolute Gasteiger partial charge is 0.355 e. The number of nitrogens with zero attached hydrogens (tertiary/aromatic N) is 2. The van der Waals surface area contributed by atoms with E-state index in [0.717, 1.165) is 4.31 Å². The summed E-state index contributed by atoms with van der Waals surface area (Å²) in [7, 11) is 1.04. The standard InChI is InChI=1S/C16H19N3O5S/c1-18(2)25(22,23)13-8-6-12(7-9-13)17-15(20)11-24-16(21)14-5-4-10-19(14)3/h4-10H,11H2,1-3H3,(H,17,20). The van der Waals surface area contributed by atoms with E-state index in [2.05, 4.69) is 5.32 Å². The van der Waals surface area contributed by atoms with Gasteiger partial charge in [-0.15, -0.1) is 0 Å². The first-order chi connectivity index (χ1) is 11.7. The maximum Gasteiger partial charge on any atom is 0.355 e. The summed E-state index contributed by atoms with van der Waals surface area (Å²) in [6.07, 6.45) is 1.69. The van der Waals surface area contributed by atoms with Gasteiger partial charge in [0, 0.05) is 33.0 Å². The highest BCUT2D eigenvalue weighted by atomic mass is 32.2. The normalized spacial score (nSPS) is 11.4. The summed E-state index contributed by atoms with van der Waals surface area (Å²) in [5, 5.41) is 2.53. The minimum Gasteiger partial charge on any atom is -0.451 e. The maximum atomic E-state index is 12.0. The second-order valence-electron chi connectivity index (χ2n) is 5.44. The molecule has 0 aliphatic rings. The molecule has 0 atom stereocenters. The third-order valence-corrected chi connectivity index (χ3v) is 5.23. The molecule has 0 aliphatic heterocycles. The number of benzene rings is 1. The van der Waals surface area contributed by atoms with Gasteiger partial charge in [0.25, 0.3) is 5.91 Å². The van der Waals surface area contributed by atoms with E-state index in [1.807, 2.05) is 0 Å². The van der Waals surface area contributed by atoms with E-state index in [0.29, 0.717) is 11.4 Å². The highest BCUT2D eigenvalue weighted by Crippen LogP contribution is 2.16. The Morgan fingerprint density at radius 2 is 1.80 bits per heavy atom. The van der Waals surface area contributed by atoms with Gasteiger partial charge in [0.1, 0.15) is 5.69 Å². The van der Waals surface area contributed by atoms with Crippen molar-refractivity contribution in [3.63, 3.8) is 0 Å². The Labute approximate surface area is 146 Å². The summed E-state index contributed by atoms with van der Waals surface area (Å²) >= 11 is 0. The predicted octanol–water partition coefficient (Wildman–Crippen LogP) is 1.07. The zero-order valence-electron chi connectivity index (χ0n) is 14.1. The van der Waals surface area contributed by atoms with Crippen LogP contribution in [0, 0.1) is 0 Å². The lowest BCUT2D eigenvalue weighted by atomic mass is 10.3. The third kappa shape index (κ3) is 4.46. The lowest BCUT2D eigenvalue weighted by Crippen LogP contribution is -2.23. The van der Waals surface area contributed by atoms with Gasteiger partial charge in [-0.1, -0.05) is 0 Å². The second kappa shape index (κ2) is 7.49. The summed E-state index contributed by atoms with van der Waals surface area (Å²) in [4.78, 5) is 23.8. The molecule has 0 fully saturated rings. The molecule has 0 spiro atoms. The van der Waals surface area contributed by atoms with Gasteiger partial charge in [-0.25, -0.2) is 17.5 Å². The minimum absolute atomic E-state index is 0.116. The molecule has 9 heteroatoms. The fourth-order valence-corrected chi connectivity index (χ4v) is 2.90. The largest absolute Gasteiger partial charge is 0.451 e. The van der Waals surface area contributed by atoms with Crippen molar-refractivity contribution in [2.45, 2.75) is 4.90 Å². The zero-order valence-corrected chi connectivity index (χ0v) is 14.9. The molecule has 0 saturated carbocycles. The molecule has 1 heterocycles. The SMILES string of the molecule is CN(C)S(=O)(=O)c1ccc(NC(=O)COC(=O)c2cccn2C)cc1. The number of sulfonamides is 1. The Morgan fingerprint density at radius 3 is 2.32 bits per heavy atom. The Balaban J connectivity index is 1.93. The van der Waals surface area contributed by atoms with Crippen molar-refractivity contribution in [1.82, 2.24) is 8.87 Å². The molecule has 1 aromatic heterocycles. The van der Waals surface area contributed by atoms with E-state index in [4.69, 9.17) is 4.74 Å². The number of amides is 1. The van der Waals surface area contributed by atoms with E-state index in [-0.39, 0.29) is 4.90 Å². The number of aromatic nitrogens is 1. The van der Waals surface area contributed by atoms with Gasteiger partial charge in [0.15, 0.2) is 6.61 Å². The number of carbonyl (C=O) groups excluding carboxylic acids is 2. The first kappa shape index (κ1) is 18.7. The molecule has 1 N–H and O–H groups in total. The zero-order chi connectivity index (χ0) is 18.6. The molecule has 1 amide bonds. The van der Waals surface area contributed by atoms with Gasteiger partial charge in [0.05, 0.1) is 4.90 Å². The van der Waals surface area contributed by atoms with Crippen LogP contribution in [0.15, 0.2) is 47.5 Å². The number of nitrogens with one attached hydrogen (secondary N) is 1. The van der Waals surface area contributed by atoms with Crippen LogP contribution in [0.25, 0.3) is 0 Å². The van der Waals surface area contributed by atoms with E-state index < -0.39 is 28.5 Å². The Kier molecular flexibility index (Phi) is 5.60. The van der Waals surface area contributed by atoms with Crippen LogP contribution < -0.4 is 5.32 Å². The first-order valence-corrected chi connectivity index (χ1v) is 8.76. The van der Waals surface area contributed by atoms with Crippen molar-refractivity contribution in [3.05, 3.63) is 48.3 Å². The van der Waals surface area contributed by atoms with E-state index in [1.165, 1.54) is 38.4 Å². The average Bonchev–Trinajstić information content (AvgIpc) is 2.99. The molecule has 8 nitrogen and oxygen atoms in total. The monoisotopic (exact) mass is 365 g/mol. The molecule has 25 heavy (non-hydrogen) atoms. The van der Waals surface area contributed by atoms with Crippen molar-refractivity contribution < 1.29 is 22.7 Å². The first-order valence-electron chi connectivity index (χ1n) is 7.32. The molecule has 2 aromatic rings. The molecular formula is C16H19N3O5S. The van der Waals surface area contributed by atoms with Crippen molar-refractivity contribution in [1.29, 1.82) is 0 Å². The lowest BCUT2D eigenvalue weighted by Gasteiger charge is -2.12. The maximum absolute atomic E-state index is 12.0. The summed E-state index contributed by atoms with van der Waals surface area (Å²) in [6.45, 7) is -0.443. The fourth-order valence-electron chi connectivity index (χ4n) is 2.00. The van der Waals surface area contributed by atoms with Gasteiger partial charge in [-0.2, -0.15) is 0 Å². The van der Waals surface area contributed by atoms with Crippen LogP contribution in [0.5, 0.6) is 0 Å². The molecule has 0 unspecified atom stereocenters. The highest BCUT2D eigenvalue weighted by Gasteiger charge is 2.17. The third-order valence-electron chi connectivity index (χ3n) is 3.40. The number of rotatable bonds is 6. The minimum atomic E-state index is -3.52. The number of carbonyl (C=O) groups is 2. The quantitative estimate of drug-likeness (QED) is 0.772. The van der Waals surface area contributed by atoms with E-state index >= 15 is 0 Å². The molecule has 0 bridgehead atoms. The number of hydrogen-bond acceptors (Lipinski definition) is 5.